The number of aromatic nitrogens is 3. The van der Waals surface area contributed by atoms with Crippen LogP contribution in [0.15, 0.2) is 30.9 Å². The lowest BCUT2D eigenvalue weighted by Crippen LogP contribution is -2.39. The molecule has 2 amide bonds. The number of nitrogens with one attached hydrogen (secondary N) is 1. The average Bonchev–Trinajstić information content (AvgIpc) is 3.04. The van der Waals surface area contributed by atoms with Crippen LogP contribution in [-0.4, -0.2) is 44.3 Å². The van der Waals surface area contributed by atoms with Crippen LogP contribution < -0.4 is 5.32 Å². The SMILES string of the molecule is CC(=O)Nc1ccc(-n2cnc(C(=O)N3CCCC(C)C3)c2)nc1. The first-order valence-electron chi connectivity index (χ1n) is 8.10. The van der Waals surface area contributed by atoms with Crippen LogP contribution in [0.4, 0.5) is 5.69 Å². The fourth-order valence-electron chi connectivity index (χ4n) is 2.91. The van der Waals surface area contributed by atoms with Crippen molar-refractivity contribution in [2.24, 2.45) is 5.92 Å². The molecule has 7 heteroatoms. The molecule has 0 aromatic carbocycles. The van der Waals surface area contributed by atoms with Crippen LogP contribution in [-0.2, 0) is 4.79 Å². The molecule has 0 aliphatic carbocycles. The standard InChI is InChI=1S/C17H21N5O2/c1-12-4-3-7-21(9-12)17(24)15-10-22(11-19-15)16-6-5-14(8-18-16)20-13(2)23/h5-6,8,10-12H,3-4,7,9H2,1-2H3,(H,20,23). The van der Waals surface area contributed by atoms with Gasteiger partial charge in [-0.1, -0.05) is 6.92 Å². The van der Waals surface area contributed by atoms with Gasteiger partial charge < -0.3 is 10.2 Å². The van der Waals surface area contributed by atoms with E-state index in [9.17, 15) is 9.59 Å². The topological polar surface area (TPSA) is 80.1 Å². The van der Waals surface area contributed by atoms with E-state index in [-0.39, 0.29) is 11.8 Å². The van der Waals surface area contributed by atoms with Crippen molar-refractivity contribution in [1.82, 2.24) is 19.4 Å². The molecule has 126 valence electrons. The highest BCUT2D eigenvalue weighted by Gasteiger charge is 2.23. The molecular weight excluding hydrogens is 306 g/mol. The van der Waals surface area contributed by atoms with E-state index in [0.717, 1.165) is 19.5 Å². The molecule has 2 aromatic heterocycles. The van der Waals surface area contributed by atoms with Crippen molar-refractivity contribution < 1.29 is 9.59 Å². The molecule has 24 heavy (non-hydrogen) atoms. The smallest absolute Gasteiger partial charge is 0.274 e. The van der Waals surface area contributed by atoms with E-state index in [1.165, 1.54) is 13.3 Å². The summed E-state index contributed by atoms with van der Waals surface area (Å²) >= 11 is 0. The molecule has 1 saturated heterocycles. The van der Waals surface area contributed by atoms with E-state index in [4.69, 9.17) is 0 Å². The number of hydrogen-bond donors (Lipinski definition) is 1. The first kappa shape index (κ1) is 16.2. The number of rotatable bonds is 3. The molecule has 3 rings (SSSR count). The van der Waals surface area contributed by atoms with Crippen molar-refractivity contribution >= 4 is 17.5 Å². The Morgan fingerprint density at radius 1 is 1.29 bits per heavy atom. The maximum absolute atomic E-state index is 12.5. The van der Waals surface area contributed by atoms with Gasteiger partial charge in [0.2, 0.25) is 5.91 Å². The summed E-state index contributed by atoms with van der Waals surface area (Å²) in [4.78, 5) is 33.9. The van der Waals surface area contributed by atoms with E-state index < -0.39 is 0 Å². The van der Waals surface area contributed by atoms with Crippen molar-refractivity contribution in [3.63, 3.8) is 0 Å². The van der Waals surface area contributed by atoms with Crippen molar-refractivity contribution in [3.05, 3.63) is 36.5 Å². The van der Waals surface area contributed by atoms with E-state index in [1.54, 1.807) is 35.4 Å². The minimum Gasteiger partial charge on any atom is -0.337 e. The fourth-order valence-corrected chi connectivity index (χ4v) is 2.91. The molecule has 0 bridgehead atoms. The summed E-state index contributed by atoms with van der Waals surface area (Å²) in [7, 11) is 0. The van der Waals surface area contributed by atoms with E-state index in [0.29, 0.717) is 23.1 Å². The molecule has 1 aliphatic heterocycles. The molecule has 1 fully saturated rings. The van der Waals surface area contributed by atoms with Gasteiger partial charge in [-0.15, -0.1) is 0 Å². The van der Waals surface area contributed by atoms with E-state index in [2.05, 4.69) is 22.2 Å². The summed E-state index contributed by atoms with van der Waals surface area (Å²) in [5, 5.41) is 2.67. The van der Waals surface area contributed by atoms with Gasteiger partial charge >= 0.3 is 0 Å². The number of pyridine rings is 1. The number of likely N-dealkylation sites (tertiary alicyclic amines) is 1. The third-order valence-electron chi connectivity index (χ3n) is 4.08. The Morgan fingerprint density at radius 2 is 2.12 bits per heavy atom. The number of hydrogen-bond acceptors (Lipinski definition) is 4. The van der Waals surface area contributed by atoms with E-state index >= 15 is 0 Å². The van der Waals surface area contributed by atoms with Crippen LogP contribution in [0.25, 0.3) is 5.82 Å². The Bertz CT molecular complexity index is 738. The third-order valence-corrected chi connectivity index (χ3v) is 4.08. The van der Waals surface area contributed by atoms with Crippen LogP contribution in [0.3, 0.4) is 0 Å². The first-order chi connectivity index (χ1) is 11.5. The second-order valence-corrected chi connectivity index (χ2v) is 6.25. The zero-order valence-corrected chi connectivity index (χ0v) is 13.9. The number of anilines is 1. The highest BCUT2D eigenvalue weighted by Crippen LogP contribution is 2.18. The predicted molar refractivity (Wildman–Crippen MR) is 90.0 cm³/mol. The van der Waals surface area contributed by atoms with Gasteiger partial charge in [0, 0.05) is 26.2 Å². The van der Waals surface area contributed by atoms with Crippen molar-refractivity contribution in [3.8, 4) is 5.82 Å². The first-order valence-corrected chi connectivity index (χ1v) is 8.10. The van der Waals surface area contributed by atoms with Crippen LogP contribution in [0.5, 0.6) is 0 Å². The minimum atomic E-state index is -0.143. The van der Waals surface area contributed by atoms with Gasteiger partial charge in [-0.2, -0.15) is 0 Å². The summed E-state index contributed by atoms with van der Waals surface area (Å²) in [6, 6.07) is 3.53. The summed E-state index contributed by atoms with van der Waals surface area (Å²) in [6.07, 6.45) is 7.07. The van der Waals surface area contributed by atoms with Crippen LogP contribution >= 0.6 is 0 Å². The normalized spacial score (nSPS) is 17.6. The lowest BCUT2D eigenvalue weighted by molar-refractivity contribution is -0.114. The Hall–Kier alpha value is -2.70. The number of imidazole rings is 1. The van der Waals surface area contributed by atoms with Gasteiger partial charge in [0.15, 0.2) is 0 Å². The van der Waals surface area contributed by atoms with Crippen LogP contribution in [0, 0.1) is 5.92 Å². The molecule has 1 aliphatic rings. The van der Waals surface area contributed by atoms with Gasteiger partial charge in [-0.05, 0) is 30.9 Å². The molecule has 1 N–H and O–H groups in total. The van der Waals surface area contributed by atoms with Crippen molar-refractivity contribution in [2.75, 3.05) is 18.4 Å². The maximum atomic E-state index is 12.5. The highest BCUT2D eigenvalue weighted by molar-refractivity contribution is 5.92. The van der Waals surface area contributed by atoms with E-state index in [1.807, 2.05) is 4.90 Å². The second kappa shape index (κ2) is 6.82. The Balaban J connectivity index is 1.73. The minimum absolute atomic E-state index is 0.0323. The molecule has 0 spiro atoms. The summed E-state index contributed by atoms with van der Waals surface area (Å²) < 4.78 is 1.71. The van der Waals surface area contributed by atoms with Gasteiger partial charge in [0.25, 0.3) is 5.91 Å². The van der Waals surface area contributed by atoms with Crippen LogP contribution in [0.1, 0.15) is 37.2 Å². The predicted octanol–water partition coefficient (Wildman–Crippen LogP) is 2.10. The van der Waals surface area contributed by atoms with Gasteiger partial charge in [-0.3, -0.25) is 14.2 Å². The molecule has 7 nitrogen and oxygen atoms in total. The Labute approximate surface area is 140 Å². The van der Waals surface area contributed by atoms with Gasteiger partial charge in [0.05, 0.1) is 11.9 Å². The number of nitrogens with zero attached hydrogens (tertiary/aromatic N) is 4. The summed E-state index contributed by atoms with van der Waals surface area (Å²) in [5.74, 6) is 1.00. The number of carbonyl (C=O) groups is 2. The van der Waals surface area contributed by atoms with Crippen molar-refractivity contribution in [1.29, 1.82) is 0 Å². The monoisotopic (exact) mass is 327 g/mol. The van der Waals surface area contributed by atoms with Gasteiger partial charge in [-0.25, -0.2) is 9.97 Å². The zero-order valence-electron chi connectivity index (χ0n) is 13.9. The third kappa shape index (κ3) is 3.61. The Morgan fingerprint density at radius 3 is 2.79 bits per heavy atom. The maximum Gasteiger partial charge on any atom is 0.274 e. The second-order valence-electron chi connectivity index (χ2n) is 6.25. The molecule has 3 heterocycles. The van der Waals surface area contributed by atoms with Crippen molar-refractivity contribution in [2.45, 2.75) is 26.7 Å². The molecule has 1 atom stereocenters. The molecular formula is C17H21N5O2. The quantitative estimate of drug-likeness (QED) is 0.936. The number of piperidine rings is 1. The lowest BCUT2D eigenvalue weighted by atomic mass is 10.0. The molecule has 0 radical (unpaired) electrons. The number of amides is 2. The molecule has 0 saturated carbocycles. The zero-order chi connectivity index (χ0) is 17.1. The average molecular weight is 327 g/mol. The molecule has 1 unspecified atom stereocenters. The summed E-state index contributed by atoms with van der Waals surface area (Å²) in [5.41, 5.74) is 1.06. The fraction of sp³-hybridized carbons (Fsp3) is 0.412. The largest absolute Gasteiger partial charge is 0.337 e. The molecule has 2 aromatic rings. The number of carbonyl (C=O) groups excluding carboxylic acids is 2. The summed E-state index contributed by atoms with van der Waals surface area (Å²) in [6.45, 7) is 5.19. The Kier molecular flexibility index (Phi) is 4.59. The highest BCUT2D eigenvalue weighted by atomic mass is 16.2. The van der Waals surface area contributed by atoms with Crippen LogP contribution in [0.2, 0.25) is 0 Å². The van der Waals surface area contributed by atoms with Gasteiger partial charge in [0.1, 0.15) is 17.8 Å². The lowest BCUT2D eigenvalue weighted by Gasteiger charge is -2.30.